The highest BCUT2D eigenvalue weighted by Gasteiger charge is 2.32. The van der Waals surface area contributed by atoms with Crippen LogP contribution < -0.4 is 10.6 Å². The van der Waals surface area contributed by atoms with Gasteiger partial charge >= 0.3 is 0 Å². The summed E-state index contributed by atoms with van der Waals surface area (Å²) >= 11 is 1.21. The molecule has 29 heavy (non-hydrogen) atoms. The van der Waals surface area contributed by atoms with Crippen molar-refractivity contribution in [3.63, 3.8) is 0 Å². The maximum absolute atomic E-state index is 12.6. The second-order valence-corrected chi connectivity index (χ2v) is 10.0. The molecule has 0 bridgehead atoms. The molecule has 0 aliphatic carbocycles. The van der Waals surface area contributed by atoms with Gasteiger partial charge in [0.05, 0.1) is 0 Å². The fourth-order valence-electron chi connectivity index (χ4n) is 3.31. The fraction of sp³-hybridized carbons (Fsp3) is 0.400. The van der Waals surface area contributed by atoms with Gasteiger partial charge in [-0.05, 0) is 48.9 Å². The van der Waals surface area contributed by atoms with E-state index < -0.39 is 10.0 Å². The van der Waals surface area contributed by atoms with Crippen LogP contribution in [0.25, 0.3) is 0 Å². The summed E-state index contributed by atoms with van der Waals surface area (Å²) in [7, 11) is -3.46. The largest absolute Gasteiger partial charge is 0.352 e. The van der Waals surface area contributed by atoms with Gasteiger partial charge in [-0.1, -0.05) is 18.2 Å². The quantitative estimate of drug-likeness (QED) is 0.697. The lowest BCUT2D eigenvalue weighted by Crippen LogP contribution is -2.42. The van der Waals surface area contributed by atoms with Crippen LogP contribution in [0, 0.1) is 5.92 Å². The molecule has 2 N–H and O–H groups in total. The molecule has 1 aromatic heterocycles. The van der Waals surface area contributed by atoms with Crippen molar-refractivity contribution in [2.24, 2.45) is 5.92 Å². The maximum Gasteiger partial charge on any atom is 0.252 e. The molecule has 156 valence electrons. The summed E-state index contributed by atoms with van der Waals surface area (Å²) in [6, 6.07) is 10.5. The van der Waals surface area contributed by atoms with E-state index in [-0.39, 0.29) is 17.7 Å². The molecular formula is C20H25N3O4S2. The zero-order chi connectivity index (χ0) is 20.9. The van der Waals surface area contributed by atoms with Gasteiger partial charge in [-0.25, -0.2) is 8.42 Å². The Kier molecular flexibility index (Phi) is 7.05. The molecule has 0 spiro atoms. The van der Waals surface area contributed by atoms with Gasteiger partial charge in [0.1, 0.15) is 4.21 Å². The SMILES string of the molecule is CCNC(=O)c1cccc(CNC(=O)C2CCN(S(=O)(=O)c3cccs3)CC2)c1. The molecule has 9 heteroatoms. The van der Waals surface area contributed by atoms with Gasteiger partial charge in [0.2, 0.25) is 5.91 Å². The van der Waals surface area contributed by atoms with Crippen molar-refractivity contribution in [3.8, 4) is 0 Å². The van der Waals surface area contributed by atoms with Crippen LogP contribution in [0.1, 0.15) is 35.7 Å². The van der Waals surface area contributed by atoms with Gasteiger partial charge in [-0.2, -0.15) is 4.31 Å². The van der Waals surface area contributed by atoms with Gasteiger partial charge in [0, 0.05) is 37.7 Å². The van der Waals surface area contributed by atoms with E-state index in [1.165, 1.54) is 15.6 Å². The van der Waals surface area contributed by atoms with Crippen molar-refractivity contribution in [1.29, 1.82) is 0 Å². The molecular weight excluding hydrogens is 410 g/mol. The van der Waals surface area contributed by atoms with Crippen molar-refractivity contribution >= 4 is 33.2 Å². The molecule has 7 nitrogen and oxygen atoms in total. The van der Waals surface area contributed by atoms with E-state index in [2.05, 4.69) is 10.6 Å². The highest BCUT2D eigenvalue weighted by atomic mass is 32.2. The summed E-state index contributed by atoms with van der Waals surface area (Å²) < 4.78 is 26.9. The second kappa shape index (κ2) is 9.51. The molecule has 0 atom stereocenters. The predicted molar refractivity (Wildman–Crippen MR) is 112 cm³/mol. The van der Waals surface area contributed by atoms with Gasteiger partial charge in [0.15, 0.2) is 0 Å². The predicted octanol–water partition coefficient (Wildman–Crippen LogP) is 2.21. The van der Waals surface area contributed by atoms with Crippen molar-refractivity contribution in [1.82, 2.24) is 14.9 Å². The highest BCUT2D eigenvalue weighted by Crippen LogP contribution is 2.26. The van der Waals surface area contributed by atoms with E-state index in [0.29, 0.717) is 48.8 Å². The Morgan fingerprint density at radius 2 is 1.90 bits per heavy atom. The number of thiophene rings is 1. The third-order valence-electron chi connectivity index (χ3n) is 4.91. The molecule has 1 aliphatic heterocycles. The second-order valence-electron chi connectivity index (χ2n) is 6.89. The maximum atomic E-state index is 12.6. The van der Waals surface area contributed by atoms with Crippen LogP contribution in [-0.2, 0) is 21.4 Å². The number of benzene rings is 1. The first-order valence-corrected chi connectivity index (χ1v) is 11.9. The first-order chi connectivity index (χ1) is 13.9. The van der Waals surface area contributed by atoms with Crippen LogP contribution in [0.3, 0.4) is 0 Å². The zero-order valence-electron chi connectivity index (χ0n) is 16.3. The normalized spacial score (nSPS) is 15.8. The minimum absolute atomic E-state index is 0.0819. The Balaban J connectivity index is 1.52. The number of carbonyl (C=O) groups excluding carboxylic acids is 2. The monoisotopic (exact) mass is 435 g/mol. The first-order valence-electron chi connectivity index (χ1n) is 9.60. The van der Waals surface area contributed by atoms with Crippen LogP contribution in [0.15, 0.2) is 46.0 Å². The Morgan fingerprint density at radius 1 is 1.14 bits per heavy atom. The van der Waals surface area contributed by atoms with Gasteiger partial charge in [-0.3, -0.25) is 9.59 Å². The molecule has 0 unspecified atom stereocenters. The number of rotatable bonds is 7. The average molecular weight is 436 g/mol. The van der Waals surface area contributed by atoms with Crippen LogP contribution >= 0.6 is 11.3 Å². The molecule has 2 aromatic rings. The lowest BCUT2D eigenvalue weighted by atomic mass is 9.97. The summed E-state index contributed by atoms with van der Waals surface area (Å²) in [5, 5.41) is 7.41. The first kappa shape index (κ1) is 21.5. The summed E-state index contributed by atoms with van der Waals surface area (Å²) in [6.07, 6.45) is 0.991. The third-order valence-corrected chi connectivity index (χ3v) is 8.18. The Bertz CT molecular complexity index is 950. The average Bonchev–Trinajstić information content (AvgIpc) is 3.28. The molecule has 1 aliphatic rings. The van der Waals surface area contributed by atoms with Crippen LogP contribution in [-0.4, -0.2) is 44.2 Å². The standard InChI is InChI=1S/C20H25N3O4S2/c1-2-21-20(25)17-6-3-5-15(13-17)14-22-19(24)16-8-10-23(11-9-16)29(26,27)18-7-4-12-28-18/h3-7,12-13,16H,2,8-11,14H2,1H3,(H,21,25)(H,22,24). The van der Waals surface area contributed by atoms with Crippen molar-refractivity contribution in [2.45, 2.75) is 30.5 Å². The number of hydrogen-bond donors (Lipinski definition) is 2. The topological polar surface area (TPSA) is 95.6 Å². The van der Waals surface area contributed by atoms with E-state index in [1.54, 1.807) is 35.7 Å². The summed E-state index contributed by atoms with van der Waals surface area (Å²) in [5.41, 5.74) is 1.41. The summed E-state index contributed by atoms with van der Waals surface area (Å²) in [4.78, 5) is 24.4. The lowest BCUT2D eigenvalue weighted by molar-refractivity contribution is -0.126. The lowest BCUT2D eigenvalue weighted by Gasteiger charge is -2.30. The van der Waals surface area contributed by atoms with E-state index in [0.717, 1.165) is 5.56 Å². The Hall–Kier alpha value is -2.23. The Morgan fingerprint density at radius 3 is 2.55 bits per heavy atom. The minimum Gasteiger partial charge on any atom is -0.352 e. The number of piperidine rings is 1. The molecule has 3 rings (SSSR count). The van der Waals surface area contributed by atoms with E-state index in [9.17, 15) is 18.0 Å². The smallest absolute Gasteiger partial charge is 0.252 e. The highest BCUT2D eigenvalue weighted by molar-refractivity contribution is 7.91. The molecule has 0 radical (unpaired) electrons. The van der Waals surface area contributed by atoms with E-state index in [1.807, 2.05) is 13.0 Å². The molecule has 0 saturated carbocycles. The number of hydrogen-bond acceptors (Lipinski definition) is 5. The molecule has 2 amide bonds. The number of sulfonamides is 1. The molecule has 2 heterocycles. The molecule has 1 aromatic carbocycles. The van der Waals surface area contributed by atoms with Gasteiger partial charge in [-0.15, -0.1) is 11.3 Å². The number of nitrogens with one attached hydrogen (secondary N) is 2. The van der Waals surface area contributed by atoms with Crippen molar-refractivity contribution in [3.05, 3.63) is 52.9 Å². The van der Waals surface area contributed by atoms with Crippen molar-refractivity contribution in [2.75, 3.05) is 19.6 Å². The third kappa shape index (κ3) is 5.23. The minimum atomic E-state index is -3.46. The van der Waals surface area contributed by atoms with E-state index in [4.69, 9.17) is 0 Å². The van der Waals surface area contributed by atoms with E-state index >= 15 is 0 Å². The number of amides is 2. The zero-order valence-corrected chi connectivity index (χ0v) is 17.9. The molecule has 1 saturated heterocycles. The summed E-state index contributed by atoms with van der Waals surface area (Å²) in [6.45, 7) is 3.43. The van der Waals surface area contributed by atoms with Crippen LogP contribution in [0.4, 0.5) is 0 Å². The van der Waals surface area contributed by atoms with Crippen molar-refractivity contribution < 1.29 is 18.0 Å². The summed E-state index contributed by atoms with van der Waals surface area (Å²) in [5.74, 6) is -0.432. The molecule has 1 fully saturated rings. The van der Waals surface area contributed by atoms with Gasteiger partial charge < -0.3 is 10.6 Å². The number of carbonyl (C=O) groups is 2. The van der Waals surface area contributed by atoms with Crippen LogP contribution in [0.5, 0.6) is 0 Å². The fourth-order valence-corrected chi connectivity index (χ4v) is 5.93. The van der Waals surface area contributed by atoms with Crippen LogP contribution in [0.2, 0.25) is 0 Å². The Labute approximate surface area is 175 Å². The van der Waals surface area contributed by atoms with Gasteiger partial charge in [0.25, 0.3) is 15.9 Å². The number of nitrogens with zero attached hydrogens (tertiary/aromatic N) is 1.